The minimum atomic E-state index is -2.91. The van der Waals surface area contributed by atoms with Gasteiger partial charge in [0.25, 0.3) is 0 Å². The maximum absolute atomic E-state index is 11.2. The van der Waals surface area contributed by atoms with Crippen molar-refractivity contribution in [1.82, 2.24) is 0 Å². The molecule has 0 heterocycles. The normalized spacial score (nSPS) is 11.4. The van der Waals surface area contributed by atoms with Crippen LogP contribution in [0.1, 0.15) is 6.92 Å². The Morgan fingerprint density at radius 3 is 2.69 bits per heavy atom. The van der Waals surface area contributed by atoms with Gasteiger partial charge in [0, 0.05) is 22.5 Å². The van der Waals surface area contributed by atoms with Gasteiger partial charge in [-0.1, -0.05) is 18.5 Å². The average Bonchev–Trinajstić information content (AvgIpc) is 2.23. The fourth-order valence-electron chi connectivity index (χ4n) is 1.10. The summed E-state index contributed by atoms with van der Waals surface area (Å²) in [5.41, 5.74) is 0.850. The first-order valence-electron chi connectivity index (χ1n) is 4.84. The zero-order chi connectivity index (χ0) is 12.2. The van der Waals surface area contributed by atoms with Crippen molar-refractivity contribution in [2.75, 3.05) is 23.4 Å². The van der Waals surface area contributed by atoms with Gasteiger partial charge in [0.1, 0.15) is 0 Å². The lowest BCUT2D eigenvalue weighted by Gasteiger charge is -2.07. The summed E-state index contributed by atoms with van der Waals surface area (Å²) < 4.78 is 23.3. The minimum absolute atomic E-state index is 0.143. The van der Waals surface area contributed by atoms with Gasteiger partial charge in [-0.3, -0.25) is 0 Å². The van der Waals surface area contributed by atoms with E-state index in [4.69, 9.17) is 11.6 Å². The zero-order valence-corrected chi connectivity index (χ0v) is 12.0. The highest BCUT2D eigenvalue weighted by molar-refractivity contribution is 9.10. The predicted octanol–water partition coefficient (Wildman–Crippen LogP) is 2.95. The van der Waals surface area contributed by atoms with Crippen molar-refractivity contribution in [3.05, 3.63) is 27.7 Å². The summed E-state index contributed by atoms with van der Waals surface area (Å²) in [4.78, 5) is 0. The summed E-state index contributed by atoms with van der Waals surface area (Å²) in [5.74, 6) is 0.322. The van der Waals surface area contributed by atoms with Gasteiger partial charge in [0.15, 0.2) is 9.84 Å². The number of hydrogen-bond acceptors (Lipinski definition) is 3. The molecular weight excluding hydrogens is 314 g/mol. The first-order chi connectivity index (χ1) is 7.44. The number of benzene rings is 1. The summed E-state index contributed by atoms with van der Waals surface area (Å²) in [7, 11) is -2.91. The molecule has 1 N–H and O–H groups in total. The van der Waals surface area contributed by atoms with Crippen LogP contribution < -0.4 is 5.32 Å². The fraction of sp³-hybridized carbons (Fsp3) is 0.400. The number of rotatable bonds is 5. The van der Waals surface area contributed by atoms with Gasteiger partial charge in [-0.15, -0.1) is 0 Å². The number of nitrogens with one attached hydrogen (secondary N) is 1. The van der Waals surface area contributed by atoms with Crippen molar-refractivity contribution in [2.45, 2.75) is 6.92 Å². The quantitative estimate of drug-likeness (QED) is 0.905. The van der Waals surface area contributed by atoms with Crippen LogP contribution in [0.15, 0.2) is 22.7 Å². The second-order valence-corrected chi connectivity index (χ2v) is 7.03. The highest BCUT2D eigenvalue weighted by atomic mass is 79.9. The lowest BCUT2D eigenvalue weighted by Crippen LogP contribution is -2.17. The van der Waals surface area contributed by atoms with Crippen LogP contribution in [0.5, 0.6) is 0 Å². The molecule has 0 aromatic heterocycles. The Hall–Kier alpha value is -0.260. The monoisotopic (exact) mass is 325 g/mol. The van der Waals surface area contributed by atoms with Crippen LogP contribution in [-0.2, 0) is 9.84 Å². The molecular formula is C10H13BrClNO2S. The van der Waals surface area contributed by atoms with Gasteiger partial charge >= 0.3 is 0 Å². The maximum Gasteiger partial charge on any atom is 0.151 e. The van der Waals surface area contributed by atoms with E-state index in [1.807, 2.05) is 12.1 Å². The van der Waals surface area contributed by atoms with Crippen LogP contribution in [0.4, 0.5) is 5.69 Å². The van der Waals surface area contributed by atoms with Crippen molar-refractivity contribution in [3.8, 4) is 0 Å². The van der Waals surface area contributed by atoms with Crippen molar-refractivity contribution in [1.29, 1.82) is 0 Å². The molecule has 0 bridgehead atoms. The summed E-state index contributed by atoms with van der Waals surface area (Å²) in [6, 6.07) is 5.38. The lowest BCUT2D eigenvalue weighted by molar-refractivity contribution is 0.597. The third-order valence-corrected chi connectivity index (χ3v) is 5.02. The van der Waals surface area contributed by atoms with Crippen LogP contribution in [0.2, 0.25) is 5.02 Å². The molecule has 0 saturated heterocycles. The first kappa shape index (κ1) is 13.8. The van der Waals surface area contributed by atoms with Gasteiger partial charge in [-0.05, 0) is 34.1 Å². The van der Waals surface area contributed by atoms with E-state index in [1.54, 1.807) is 13.0 Å². The van der Waals surface area contributed by atoms with Crippen LogP contribution in [0.25, 0.3) is 0 Å². The molecule has 6 heteroatoms. The molecule has 0 spiro atoms. The second kappa shape index (κ2) is 5.89. The van der Waals surface area contributed by atoms with Crippen LogP contribution in [0.3, 0.4) is 0 Å². The minimum Gasteiger partial charge on any atom is -0.384 e. The molecule has 90 valence electrons. The third kappa shape index (κ3) is 4.31. The smallest absolute Gasteiger partial charge is 0.151 e. The Bertz CT molecular complexity index is 462. The Morgan fingerprint density at radius 1 is 1.44 bits per heavy atom. The van der Waals surface area contributed by atoms with E-state index in [-0.39, 0.29) is 11.5 Å². The van der Waals surface area contributed by atoms with Crippen molar-refractivity contribution < 1.29 is 8.42 Å². The van der Waals surface area contributed by atoms with E-state index in [0.717, 1.165) is 10.2 Å². The standard InChI is InChI=1S/C10H13BrClNO2S/c1-2-16(14,15)6-5-13-8-3-4-10(12)9(11)7-8/h3-4,7,13H,2,5-6H2,1H3. The molecule has 0 aliphatic heterocycles. The van der Waals surface area contributed by atoms with Gasteiger partial charge in [-0.2, -0.15) is 0 Å². The molecule has 0 atom stereocenters. The molecule has 0 fully saturated rings. The van der Waals surface area contributed by atoms with E-state index >= 15 is 0 Å². The number of sulfone groups is 1. The number of anilines is 1. The number of halogens is 2. The van der Waals surface area contributed by atoms with E-state index in [1.165, 1.54) is 0 Å². The van der Waals surface area contributed by atoms with Gasteiger partial charge in [0.05, 0.1) is 10.8 Å². The topological polar surface area (TPSA) is 46.2 Å². The van der Waals surface area contributed by atoms with E-state index in [9.17, 15) is 8.42 Å². The molecule has 0 saturated carbocycles. The molecule has 3 nitrogen and oxygen atoms in total. The summed E-state index contributed by atoms with van der Waals surface area (Å²) >= 11 is 9.14. The lowest BCUT2D eigenvalue weighted by atomic mass is 10.3. The molecule has 16 heavy (non-hydrogen) atoms. The Labute approximate surface area is 109 Å². The van der Waals surface area contributed by atoms with Crippen molar-refractivity contribution >= 4 is 43.1 Å². The highest BCUT2D eigenvalue weighted by Crippen LogP contribution is 2.25. The molecule has 0 aliphatic rings. The largest absolute Gasteiger partial charge is 0.384 e. The Kier molecular flexibility index (Phi) is 5.08. The molecule has 1 aromatic carbocycles. The SMILES string of the molecule is CCS(=O)(=O)CCNc1ccc(Cl)c(Br)c1. The first-order valence-corrected chi connectivity index (χ1v) is 7.83. The van der Waals surface area contributed by atoms with E-state index in [2.05, 4.69) is 21.2 Å². The summed E-state index contributed by atoms with van der Waals surface area (Å²) in [6.07, 6.45) is 0. The third-order valence-electron chi connectivity index (χ3n) is 2.10. The maximum atomic E-state index is 11.2. The molecule has 0 aliphatic carbocycles. The van der Waals surface area contributed by atoms with Gasteiger partial charge < -0.3 is 5.32 Å². The number of hydrogen-bond donors (Lipinski definition) is 1. The van der Waals surface area contributed by atoms with E-state index < -0.39 is 9.84 Å². The van der Waals surface area contributed by atoms with Gasteiger partial charge in [-0.25, -0.2) is 8.42 Å². The second-order valence-electron chi connectivity index (χ2n) is 3.29. The molecule has 0 unspecified atom stereocenters. The fourth-order valence-corrected chi connectivity index (χ4v) is 2.30. The zero-order valence-electron chi connectivity index (χ0n) is 8.83. The Balaban J connectivity index is 2.53. The molecule has 0 radical (unpaired) electrons. The van der Waals surface area contributed by atoms with Crippen LogP contribution >= 0.6 is 27.5 Å². The predicted molar refractivity (Wildman–Crippen MR) is 72.0 cm³/mol. The molecule has 0 amide bonds. The Morgan fingerprint density at radius 2 is 2.12 bits per heavy atom. The summed E-state index contributed by atoms with van der Waals surface area (Å²) in [5, 5.41) is 3.67. The van der Waals surface area contributed by atoms with E-state index in [0.29, 0.717) is 11.6 Å². The highest BCUT2D eigenvalue weighted by Gasteiger charge is 2.06. The van der Waals surface area contributed by atoms with Crippen LogP contribution in [-0.4, -0.2) is 26.5 Å². The van der Waals surface area contributed by atoms with Crippen molar-refractivity contribution in [2.24, 2.45) is 0 Å². The average molecular weight is 327 g/mol. The van der Waals surface area contributed by atoms with Crippen LogP contribution in [0, 0.1) is 0 Å². The molecule has 1 aromatic rings. The summed E-state index contributed by atoms with van der Waals surface area (Å²) in [6.45, 7) is 2.05. The van der Waals surface area contributed by atoms with Crippen molar-refractivity contribution in [3.63, 3.8) is 0 Å². The van der Waals surface area contributed by atoms with Gasteiger partial charge in [0.2, 0.25) is 0 Å². The molecule has 1 rings (SSSR count).